The molecule has 2 fully saturated rings. The largest absolute Gasteiger partial charge is 0.497 e. The zero-order chi connectivity index (χ0) is 19.1. The summed E-state index contributed by atoms with van der Waals surface area (Å²) in [4.78, 5) is 2.40. The van der Waals surface area contributed by atoms with E-state index in [1.54, 1.807) is 37.4 Å². The molecular formula is C22H24F3NO. The molecule has 0 atom stereocenters. The minimum Gasteiger partial charge on any atom is -0.497 e. The van der Waals surface area contributed by atoms with Crippen LogP contribution < -0.4 is 4.74 Å². The van der Waals surface area contributed by atoms with Crippen molar-refractivity contribution in [1.29, 1.82) is 0 Å². The molecule has 0 unspecified atom stereocenters. The van der Waals surface area contributed by atoms with Crippen molar-refractivity contribution in [2.75, 3.05) is 26.7 Å². The number of rotatable bonds is 5. The van der Waals surface area contributed by atoms with Crippen LogP contribution in [0.4, 0.5) is 13.2 Å². The molecule has 1 heterocycles. The molecule has 4 rings (SSSR count). The minimum atomic E-state index is -4.38. The standard InChI is InChI=1S/C22H24F3NO/c1-27-18-7-4-16(5-8-18)19-9-6-17(14-20(19)22(23,24)25)21(10-11-21)15-26-12-2-3-13-26/h4-9,14H,2-3,10-13,15H2,1H3. The summed E-state index contributed by atoms with van der Waals surface area (Å²) in [6.45, 7) is 3.02. The second-order valence-electron chi connectivity index (χ2n) is 7.75. The molecule has 2 aliphatic rings. The van der Waals surface area contributed by atoms with Crippen LogP contribution in [0.15, 0.2) is 42.5 Å². The number of hydrogen-bond acceptors (Lipinski definition) is 2. The van der Waals surface area contributed by atoms with Crippen LogP contribution in [-0.4, -0.2) is 31.6 Å². The Kier molecular flexibility index (Phi) is 4.66. The highest BCUT2D eigenvalue weighted by atomic mass is 19.4. The molecule has 0 radical (unpaired) electrons. The smallest absolute Gasteiger partial charge is 0.417 e. The van der Waals surface area contributed by atoms with Gasteiger partial charge in [0.15, 0.2) is 0 Å². The molecule has 0 bridgehead atoms. The van der Waals surface area contributed by atoms with Crippen molar-refractivity contribution in [3.63, 3.8) is 0 Å². The Bertz CT molecular complexity index is 803. The molecule has 0 amide bonds. The SMILES string of the molecule is COc1ccc(-c2ccc(C3(CN4CCCC4)CC3)cc2C(F)(F)F)cc1. The molecule has 1 aliphatic heterocycles. The van der Waals surface area contributed by atoms with Crippen LogP contribution >= 0.6 is 0 Å². The average molecular weight is 375 g/mol. The van der Waals surface area contributed by atoms with E-state index in [2.05, 4.69) is 4.90 Å². The molecule has 144 valence electrons. The molecular weight excluding hydrogens is 351 g/mol. The van der Waals surface area contributed by atoms with Crippen molar-refractivity contribution >= 4 is 0 Å². The summed E-state index contributed by atoms with van der Waals surface area (Å²) in [6.07, 6.45) is -0.0407. The van der Waals surface area contributed by atoms with Gasteiger partial charge in [0.25, 0.3) is 0 Å². The van der Waals surface area contributed by atoms with Crippen LogP contribution in [0.1, 0.15) is 36.8 Å². The Morgan fingerprint density at radius 1 is 1.00 bits per heavy atom. The van der Waals surface area contributed by atoms with E-state index in [4.69, 9.17) is 4.74 Å². The summed E-state index contributed by atoms with van der Waals surface area (Å²) in [5.41, 5.74) is 0.977. The first-order valence-electron chi connectivity index (χ1n) is 9.50. The van der Waals surface area contributed by atoms with Crippen molar-refractivity contribution in [3.8, 4) is 16.9 Å². The highest BCUT2D eigenvalue weighted by Crippen LogP contribution is 2.51. The summed E-state index contributed by atoms with van der Waals surface area (Å²) in [7, 11) is 1.54. The second kappa shape index (κ2) is 6.86. The van der Waals surface area contributed by atoms with Crippen LogP contribution in [0.3, 0.4) is 0 Å². The quantitative estimate of drug-likeness (QED) is 0.683. The maximum atomic E-state index is 13.8. The third kappa shape index (κ3) is 3.70. The Balaban J connectivity index is 1.69. The van der Waals surface area contributed by atoms with Crippen molar-refractivity contribution in [3.05, 3.63) is 53.6 Å². The minimum absolute atomic E-state index is 0.0945. The zero-order valence-corrected chi connectivity index (χ0v) is 15.5. The van der Waals surface area contributed by atoms with E-state index < -0.39 is 11.7 Å². The lowest BCUT2D eigenvalue weighted by Crippen LogP contribution is -2.30. The normalized spacial score (nSPS) is 19.3. The number of likely N-dealkylation sites (tertiary alicyclic amines) is 1. The fourth-order valence-electron chi connectivity index (χ4n) is 4.19. The van der Waals surface area contributed by atoms with E-state index in [-0.39, 0.29) is 11.0 Å². The van der Waals surface area contributed by atoms with Crippen molar-refractivity contribution < 1.29 is 17.9 Å². The Hall–Kier alpha value is -2.01. The van der Waals surface area contributed by atoms with Gasteiger partial charge < -0.3 is 9.64 Å². The van der Waals surface area contributed by atoms with E-state index in [9.17, 15) is 13.2 Å². The highest BCUT2D eigenvalue weighted by molar-refractivity contribution is 5.69. The number of benzene rings is 2. The summed E-state index contributed by atoms with van der Waals surface area (Å²) in [5, 5.41) is 0. The number of nitrogens with zero attached hydrogens (tertiary/aromatic N) is 1. The molecule has 0 N–H and O–H groups in total. The number of ether oxygens (including phenoxy) is 1. The van der Waals surface area contributed by atoms with Crippen LogP contribution in [0, 0.1) is 0 Å². The molecule has 2 aromatic rings. The van der Waals surface area contributed by atoms with Crippen LogP contribution in [0.5, 0.6) is 5.75 Å². The molecule has 27 heavy (non-hydrogen) atoms. The average Bonchev–Trinajstić information content (AvgIpc) is 3.26. The Morgan fingerprint density at radius 3 is 2.22 bits per heavy atom. The Morgan fingerprint density at radius 2 is 1.67 bits per heavy atom. The van der Waals surface area contributed by atoms with Gasteiger partial charge in [0.1, 0.15) is 5.75 Å². The van der Waals surface area contributed by atoms with Gasteiger partial charge in [-0.2, -0.15) is 13.2 Å². The topological polar surface area (TPSA) is 12.5 Å². The summed E-state index contributed by atoms with van der Waals surface area (Å²) >= 11 is 0. The molecule has 2 aromatic carbocycles. The lowest BCUT2D eigenvalue weighted by molar-refractivity contribution is -0.137. The van der Waals surface area contributed by atoms with E-state index in [0.717, 1.165) is 38.0 Å². The van der Waals surface area contributed by atoms with Gasteiger partial charge in [-0.05, 0) is 73.7 Å². The van der Waals surface area contributed by atoms with E-state index >= 15 is 0 Å². The van der Waals surface area contributed by atoms with Crippen LogP contribution in [0.2, 0.25) is 0 Å². The lowest BCUT2D eigenvalue weighted by Gasteiger charge is -2.25. The third-order valence-electron chi connectivity index (χ3n) is 5.92. The first kappa shape index (κ1) is 18.4. The third-order valence-corrected chi connectivity index (χ3v) is 5.92. The van der Waals surface area contributed by atoms with Gasteiger partial charge in [0.05, 0.1) is 12.7 Å². The van der Waals surface area contributed by atoms with Crippen molar-refractivity contribution in [1.82, 2.24) is 4.90 Å². The van der Waals surface area contributed by atoms with Gasteiger partial charge in [-0.1, -0.05) is 24.3 Å². The zero-order valence-electron chi connectivity index (χ0n) is 15.5. The van der Waals surface area contributed by atoms with Gasteiger partial charge in [-0.15, -0.1) is 0 Å². The van der Waals surface area contributed by atoms with Crippen LogP contribution in [-0.2, 0) is 11.6 Å². The monoisotopic (exact) mass is 375 g/mol. The molecule has 0 aromatic heterocycles. The predicted octanol–water partition coefficient (Wildman–Crippen LogP) is 5.51. The van der Waals surface area contributed by atoms with E-state index in [0.29, 0.717) is 11.3 Å². The van der Waals surface area contributed by atoms with Gasteiger partial charge in [-0.3, -0.25) is 0 Å². The van der Waals surface area contributed by atoms with E-state index in [1.807, 2.05) is 6.07 Å². The maximum Gasteiger partial charge on any atom is 0.417 e. The fourth-order valence-corrected chi connectivity index (χ4v) is 4.19. The molecule has 2 nitrogen and oxygen atoms in total. The molecule has 1 saturated heterocycles. The summed E-state index contributed by atoms with van der Waals surface area (Å²) in [6, 6.07) is 11.7. The number of methoxy groups -OCH3 is 1. The van der Waals surface area contributed by atoms with Gasteiger partial charge in [-0.25, -0.2) is 0 Å². The maximum absolute atomic E-state index is 13.8. The Labute approximate surface area is 157 Å². The highest BCUT2D eigenvalue weighted by Gasteiger charge is 2.47. The first-order chi connectivity index (χ1) is 12.9. The lowest BCUT2D eigenvalue weighted by atomic mass is 9.89. The molecule has 1 aliphatic carbocycles. The molecule has 1 saturated carbocycles. The number of hydrogen-bond donors (Lipinski definition) is 0. The number of halogens is 3. The van der Waals surface area contributed by atoms with Gasteiger partial charge >= 0.3 is 6.18 Å². The molecule has 5 heteroatoms. The van der Waals surface area contributed by atoms with Crippen molar-refractivity contribution in [2.45, 2.75) is 37.3 Å². The molecule has 0 spiro atoms. The van der Waals surface area contributed by atoms with E-state index in [1.165, 1.54) is 18.9 Å². The number of alkyl halides is 3. The van der Waals surface area contributed by atoms with Crippen LogP contribution in [0.25, 0.3) is 11.1 Å². The fraction of sp³-hybridized carbons (Fsp3) is 0.455. The second-order valence-corrected chi connectivity index (χ2v) is 7.75. The first-order valence-corrected chi connectivity index (χ1v) is 9.50. The summed E-state index contributed by atoms with van der Waals surface area (Å²) in [5.74, 6) is 0.631. The summed E-state index contributed by atoms with van der Waals surface area (Å²) < 4.78 is 46.6. The van der Waals surface area contributed by atoms with Crippen molar-refractivity contribution in [2.24, 2.45) is 0 Å². The van der Waals surface area contributed by atoms with Gasteiger partial charge in [0, 0.05) is 12.0 Å². The van der Waals surface area contributed by atoms with Gasteiger partial charge in [0.2, 0.25) is 0 Å². The predicted molar refractivity (Wildman–Crippen MR) is 100 cm³/mol.